The first-order valence-electron chi connectivity index (χ1n) is 5.69. The third-order valence-electron chi connectivity index (χ3n) is 2.99. The molecular weight excluding hydrogens is 220 g/mol. The van der Waals surface area contributed by atoms with E-state index in [4.69, 9.17) is 9.47 Å². The lowest BCUT2D eigenvalue weighted by Crippen LogP contribution is -2.50. The maximum atomic E-state index is 11.2. The third-order valence-corrected chi connectivity index (χ3v) is 2.99. The summed E-state index contributed by atoms with van der Waals surface area (Å²) < 4.78 is 10.4. The van der Waals surface area contributed by atoms with Gasteiger partial charge < -0.3 is 14.6 Å². The van der Waals surface area contributed by atoms with Crippen LogP contribution in [-0.4, -0.2) is 30.9 Å². The average Bonchev–Trinajstić information content (AvgIpc) is 2.25. The molecule has 0 saturated carbocycles. The number of ether oxygens (including phenoxy) is 2. The fraction of sp³-hybridized carbons (Fsp3) is 0.462. The van der Waals surface area contributed by atoms with Gasteiger partial charge in [-0.15, -0.1) is 0 Å². The summed E-state index contributed by atoms with van der Waals surface area (Å²) in [5.74, 6) is 0.0307. The SMILES string of the molecule is CCOc1ccc(CC2(C(=O)O)COC2)cc1. The zero-order chi connectivity index (χ0) is 12.3. The van der Waals surface area contributed by atoms with Gasteiger partial charge in [0.25, 0.3) is 0 Å². The Morgan fingerprint density at radius 2 is 2.06 bits per heavy atom. The number of hydrogen-bond acceptors (Lipinski definition) is 3. The fourth-order valence-corrected chi connectivity index (χ4v) is 1.91. The van der Waals surface area contributed by atoms with E-state index in [-0.39, 0.29) is 0 Å². The molecule has 0 spiro atoms. The van der Waals surface area contributed by atoms with E-state index in [1.54, 1.807) is 0 Å². The van der Waals surface area contributed by atoms with Crippen molar-refractivity contribution in [1.29, 1.82) is 0 Å². The smallest absolute Gasteiger partial charge is 0.314 e. The minimum atomic E-state index is -0.780. The van der Waals surface area contributed by atoms with Crippen LogP contribution in [0.2, 0.25) is 0 Å². The molecule has 0 amide bonds. The van der Waals surface area contributed by atoms with Crippen LogP contribution in [0.3, 0.4) is 0 Å². The summed E-state index contributed by atoms with van der Waals surface area (Å²) in [5, 5.41) is 9.18. The number of carboxylic acids is 1. The summed E-state index contributed by atoms with van der Waals surface area (Å²) in [7, 11) is 0. The maximum Gasteiger partial charge on any atom is 0.314 e. The number of carboxylic acid groups (broad SMARTS) is 1. The lowest BCUT2D eigenvalue weighted by molar-refractivity contribution is -0.179. The molecule has 1 aliphatic rings. The second kappa shape index (κ2) is 4.75. The van der Waals surface area contributed by atoms with E-state index in [1.807, 2.05) is 31.2 Å². The highest BCUT2D eigenvalue weighted by Crippen LogP contribution is 2.32. The Bertz CT molecular complexity index is 392. The molecule has 1 N–H and O–H groups in total. The normalized spacial score (nSPS) is 17.2. The largest absolute Gasteiger partial charge is 0.494 e. The van der Waals surface area contributed by atoms with Crippen LogP contribution in [0.25, 0.3) is 0 Å². The number of carbonyl (C=O) groups is 1. The first-order chi connectivity index (χ1) is 8.16. The Labute approximate surface area is 100 Å². The van der Waals surface area contributed by atoms with Crippen LogP contribution in [0, 0.1) is 5.41 Å². The van der Waals surface area contributed by atoms with Crippen molar-refractivity contribution >= 4 is 5.97 Å². The van der Waals surface area contributed by atoms with Gasteiger partial charge in [-0.3, -0.25) is 4.79 Å². The highest BCUT2D eigenvalue weighted by atomic mass is 16.5. The monoisotopic (exact) mass is 236 g/mol. The summed E-state index contributed by atoms with van der Waals surface area (Å²) in [6, 6.07) is 7.56. The Kier molecular flexibility index (Phi) is 3.33. The lowest BCUT2D eigenvalue weighted by Gasteiger charge is -2.37. The van der Waals surface area contributed by atoms with Gasteiger partial charge in [0.1, 0.15) is 11.2 Å². The molecular formula is C13H16O4. The van der Waals surface area contributed by atoms with Crippen molar-refractivity contribution in [3.05, 3.63) is 29.8 Å². The zero-order valence-corrected chi connectivity index (χ0v) is 9.81. The van der Waals surface area contributed by atoms with Crippen molar-refractivity contribution in [3.63, 3.8) is 0 Å². The Balaban J connectivity index is 2.05. The quantitative estimate of drug-likeness (QED) is 0.845. The second-order valence-electron chi connectivity index (χ2n) is 4.33. The highest BCUT2D eigenvalue weighted by Gasteiger charge is 2.46. The van der Waals surface area contributed by atoms with Gasteiger partial charge >= 0.3 is 5.97 Å². The van der Waals surface area contributed by atoms with E-state index >= 15 is 0 Å². The highest BCUT2D eigenvalue weighted by molar-refractivity contribution is 5.76. The van der Waals surface area contributed by atoms with Crippen LogP contribution < -0.4 is 4.74 Å². The van der Waals surface area contributed by atoms with Crippen molar-refractivity contribution in [1.82, 2.24) is 0 Å². The van der Waals surface area contributed by atoms with Crippen molar-refractivity contribution < 1.29 is 19.4 Å². The lowest BCUT2D eigenvalue weighted by atomic mass is 9.80. The van der Waals surface area contributed by atoms with Crippen LogP contribution in [0.5, 0.6) is 5.75 Å². The molecule has 1 aliphatic heterocycles. The van der Waals surface area contributed by atoms with Crippen molar-refractivity contribution in [2.75, 3.05) is 19.8 Å². The summed E-state index contributed by atoms with van der Waals surface area (Å²) in [6.45, 7) is 3.16. The van der Waals surface area contributed by atoms with E-state index in [2.05, 4.69) is 0 Å². The fourth-order valence-electron chi connectivity index (χ4n) is 1.91. The molecule has 2 rings (SSSR count). The summed E-state index contributed by atoms with van der Waals surface area (Å²) in [5.41, 5.74) is 0.270. The van der Waals surface area contributed by atoms with Crippen LogP contribution in [0.1, 0.15) is 12.5 Å². The van der Waals surface area contributed by atoms with E-state index in [1.165, 1.54) is 0 Å². The molecule has 4 nitrogen and oxygen atoms in total. The molecule has 17 heavy (non-hydrogen) atoms. The van der Waals surface area contributed by atoms with Gasteiger partial charge in [0, 0.05) is 0 Å². The van der Waals surface area contributed by atoms with Gasteiger partial charge in [-0.1, -0.05) is 12.1 Å². The zero-order valence-electron chi connectivity index (χ0n) is 9.81. The molecule has 1 aromatic carbocycles. The van der Waals surface area contributed by atoms with Gasteiger partial charge in [-0.05, 0) is 31.0 Å². The molecule has 0 atom stereocenters. The summed E-state index contributed by atoms with van der Waals surface area (Å²) in [6.07, 6.45) is 0.509. The Morgan fingerprint density at radius 1 is 1.41 bits per heavy atom. The van der Waals surface area contributed by atoms with E-state index in [9.17, 15) is 9.90 Å². The molecule has 0 radical (unpaired) electrons. The van der Waals surface area contributed by atoms with E-state index in [0.29, 0.717) is 26.2 Å². The van der Waals surface area contributed by atoms with Crippen LogP contribution in [0.15, 0.2) is 24.3 Å². The number of hydrogen-bond donors (Lipinski definition) is 1. The molecule has 1 saturated heterocycles. The standard InChI is InChI=1S/C13H16O4/c1-2-17-11-5-3-10(4-6-11)7-13(12(14)15)8-16-9-13/h3-6H,2,7-9H2,1H3,(H,14,15). The minimum absolute atomic E-state index is 0.301. The minimum Gasteiger partial charge on any atom is -0.494 e. The number of aliphatic carboxylic acids is 1. The molecule has 0 aromatic heterocycles. The topological polar surface area (TPSA) is 55.8 Å². The number of benzene rings is 1. The molecule has 4 heteroatoms. The maximum absolute atomic E-state index is 11.2. The molecule has 0 bridgehead atoms. The van der Waals surface area contributed by atoms with Gasteiger partial charge in [0.15, 0.2) is 0 Å². The van der Waals surface area contributed by atoms with Crippen LogP contribution in [0.4, 0.5) is 0 Å². The Morgan fingerprint density at radius 3 is 2.47 bits per heavy atom. The molecule has 0 aliphatic carbocycles. The third kappa shape index (κ3) is 2.42. The van der Waals surface area contributed by atoms with Crippen LogP contribution >= 0.6 is 0 Å². The van der Waals surface area contributed by atoms with Crippen molar-refractivity contribution in [3.8, 4) is 5.75 Å². The molecule has 1 heterocycles. The summed E-state index contributed by atoms with van der Waals surface area (Å²) in [4.78, 5) is 11.2. The second-order valence-corrected chi connectivity index (χ2v) is 4.33. The first-order valence-corrected chi connectivity index (χ1v) is 5.69. The van der Waals surface area contributed by atoms with Gasteiger partial charge in [0.05, 0.1) is 19.8 Å². The van der Waals surface area contributed by atoms with Crippen LogP contribution in [-0.2, 0) is 16.0 Å². The summed E-state index contributed by atoms with van der Waals surface area (Å²) >= 11 is 0. The van der Waals surface area contributed by atoms with Gasteiger partial charge in [0.2, 0.25) is 0 Å². The Hall–Kier alpha value is -1.55. The van der Waals surface area contributed by atoms with Crippen molar-refractivity contribution in [2.24, 2.45) is 5.41 Å². The number of rotatable bonds is 5. The van der Waals surface area contributed by atoms with Crippen molar-refractivity contribution in [2.45, 2.75) is 13.3 Å². The predicted molar refractivity (Wildman–Crippen MR) is 62.2 cm³/mol. The van der Waals surface area contributed by atoms with E-state index < -0.39 is 11.4 Å². The molecule has 0 unspecified atom stereocenters. The first kappa shape index (κ1) is 11.9. The average molecular weight is 236 g/mol. The van der Waals surface area contributed by atoms with Gasteiger partial charge in [-0.2, -0.15) is 0 Å². The predicted octanol–water partition coefficient (Wildman–Crippen LogP) is 1.73. The van der Waals surface area contributed by atoms with E-state index in [0.717, 1.165) is 11.3 Å². The molecule has 1 aromatic rings. The molecule has 1 fully saturated rings. The molecule has 92 valence electrons. The van der Waals surface area contributed by atoms with Gasteiger partial charge in [-0.25, -0.2) is 0 Å².